The molecule has 0 saturated heterocycles. The summed E-state index contributed by atoms with van der Waals surface area (Å²) in [5.74, 6) is -0.0215. The van der Waals surface area contributed by atoms with E-state index in [9.17, 15) is 4.79 Å². The van der Waals surface area contributed by atoms with E-state index >= 15 is 0 Å². The second-order valence-electron chi connectivity index (χ2n) is 4.46. The first-order valence-electron chi connectivity index (χ1n) is 5.68. The summed E-state index contributed by atoms with van der Waals surface area (Å²) in [6, 6.07) is 4.03. The number of hydrogen-bond donors (Lipinski definition) is 2. The Hall–Kier alpha value is -1.42. The third-order valence-electron chi connectivity index (χ3n) is 3.22. The maximum atomic E-state index is 11.0. The molecule has 0 aliphatic heterocycles. The van der Waals surface area contributed by atoms with Gasteiger partial charge in [0.05, 0.1) is 0 Å². The highest BCUT2D eigenvalue weighted by molar-refractivity contribution is 5.90. The summed E-state index contributed by atoms with van der Waals surface area (Å²) in [7, 11) is 0. The number of hydrogen-bond acceptors (Lipinski definition) is 3. The number of primary amides is 1. The highest BCUT2D eigenvalue weighted by Crippen LogP contribution is 2.31. The maximum absolute atomic E-state index is 11.0. The molecule has 16 heavy (non-hydrogen) atoms. The summed E-state index contributed by atoms with van der Waals surface area (Å²) in [5, 5.41) is 0. The van der Waals surface area contributed by atoms with Crippen molar-refractivity contribution in [3.63, 3.8) is 0 Å². The lowest BCUT2D eigenvalue weighted by molar-refractivity contribution is 0.0995. The smallest absolute Gasteiger partial charge is 0.267 e. The van der Waals surface area contributed by atoms with E-state index in [2.05, 4.69) is 4.98 Å². The molecular formula is C12H17N3O. The van der Waals surface area contributed by atoms with Crippen molar-refractivity contribution in [3.8, 4) is 0 Å². The molecule has 1 aromatic rings. The van der Waals surface area contributed by atoms with Crippen molar-refractivity contribution < 1.29 is 4.79 Å². The summed E-state index contributed by atoms with van der Waals surface area (Å²) in [6.45, 7) is 0. The number of carbonyl (C=O) groups is 1. The molecule has 1 saturated carbocycles. The van der Waals surface area contributed by atoms with Gasteiger partial charge in [0.15, 0.2) is 0 Å². The van der Waals surface area contributed by atoms with Gasteiger partial charge in [-0.1, -0.05) is 6.42 Å². The zero-order valence-electron chi connectivity index (χ0n) is 9.23. The molecule has 1 fully saturated rings. The molecule has 0 radical (unpaired) electrons. The molecule has 2 atom stereocenters. The average Bonchev–Trinajstić information content (AvgIpc) is 2.29. The van der Waals surface area contributed by atoms with Crippen LogP contribution in [-0.2, 0) is 0 Å². The molecule has 2 rings (SSSR count). The third-order valence-corrected chi connectivity index (χ3v) is 3.22. The number of carbonyl (C=O) groups excluding carboxylic acids is 1. The van der Waals surface area contributed by atoms with Crippen molar-refractivity contribution >= 4 is 5.91 Å². The molecule has 0 spiro atoms. The summed E-state index contributed by atoms with van der Waals surface area (Å²) in [4.78, 5) is 15.0. The monoisotopic (exact) mass is 219 g/mol. The van der Waals surface area contributed by atoms with Crippen LogP contribution in [0, 0.1) is 0 Å². The molecule has 1 aliphatic rings. The van der Waals surface area contributed by atoms with Crippen molar-refractivity contribution in [2.75, 3.05) is 0 Å². The predicted molar refractivity (Wildman–Crippen MR) is 61.9 cm³/mol. The van der Waals surface area contributed by atoms with Crippen molar-refractivity contribution in [3.05, 3.63) is 29.6 Å². The minimum absolute atomic E-state index is 0.281. The molecular weight excluding hydrogens is 202 g/mol. The fourth-order valence-electron chi connectivity index (χ4n) is 2.37. The summed E-state index contributed by atoms with van der Waals surface area (Å²) >= 11 is 0. The van der Waals surface area contributed by atoms with E-state index < -0.39 is 5.91 Å². The van der Waals surface area contributed by atoms with E-state index in [-0.39, 0.29) is 6.04 Å². The van der Waals surface area contributed by atoms with E-state index in [1.54, 1.807) is 12.3 Å². The minimum atomic E-state index is -0.470. The molecule has 86 valence electrons. The molecule has 0 bridgehead atoms. The Morgan fingerprint density at radius 3 is 2.94 bits per heavy atom. The number of pyridine rings is 1. The number of aromatic nitrogens is 1. The Labute approximate surface area is 95.0 Å². The number of nitrogens with two attached hydrogens (primary N) is 2. The summed E-state index contributed by atoms with van der Waals surface area (Å²) in [5.41, 5.74) is 12.6. The number of rotatable bonds is 2. The quantitative estimate of drug-likeness (QED) is 0.783. The van der Waals surface area contributed by atoms with E-state index in [0.29, 0.717) is 11.6 Å². The van der Waals surface area contributed by atoms with Crippen LogP contribution < -0.4 is 11.5 Å². The van der Waals surface area contributed by atoms with Gasteiger partial charge in [-0.05, 0) is 42.9 Å². The Bertz CT molecular complexity index is 392. The van der Waals surface area contributed by atoms with Crippen LogP contribution in [0.3, 0.4) is 0 Å². The van der Waals surface area contributed by atoms with E-state index in [0.717, 1.165) is 31.2 Å². The summed E-state index contributed by atoms with van der Waals surface area (Å²) in [6.07, 6.45) is 6.03. The third kappa shape index (κ3) is 2.39. The van der Waals surface area contributed by atoms with Gasteiger partial charge in [0, 0.05) is 12.2 Å². The van der Waals surface area contributed by atoms with Gasteiger partial charge in [-0.3, -0.25) is 9.78 Å². The van der Waals surface area contributed by atoms with Gasteiger partial charge in [-0.2, -0.15) is 0 Å². The van der Waals surface area contributed by atoms with E-state index in [1.165, 1.54) is 0 Å². The highest BCUT2D eigenvalue weighted by atomic mass is 16.1. The van der Waals surface area contributed by atoms with Gasteiger partial charge in [-0.25, -0.2) is 0 Å². The van der Waals surface area contributed by atoms with Gasteiger partial charge < -0.3 is 11.5 Å². The largest absolute Gasteiger partial charge is 0.364 e. The fourth-order valence-corrected chi connectivity index (χ4v) is 2.37. The van der Waals surface area contributed by atoms with Gasteiger partial charge in [0.2, 0.25) is 0 Å². The second kappa shape index (κ2) is 4.61. The SMILES string of the molecule is NC(=O)c1cc(C2CCCC(N)C2)ccn1. The second-order valence-corrected chi connectivity index (χ2v) is 4.46. The molecule has 2 unspecified atom stereocenters. The standard InChI is InChI=1S/C12H17N3O/c13-10-3-1-2-8(6-10)9-4-5-15-11(7-9)12(14)16/h4-5,7-8,10H,1-3,6,13H2,(H2,14,16). The van der Waals surface area contributed by atoms with Crippen molar-refractivity contribution in [1.29, 1.82) is 0 Å². The molecule has 4 heteroatoms. The van der Waals surface area contributed by atoms with Crippen LogP contribution in [0.5, 0.6) is 0 Å². The molecule has 4 nitrogen and oxygen atoms in total. The zero-order valence-corrected chi connectivity index (χ0v) is 9.23. The van der Waals surface area contributed by atoms with Gasteiger partial charge >= 0.3 is 0 Å². The van der Waals surface area contributed by atoms with E-state index in [1.807, 2.05) is 6.07 Å². The predicted octanol–water partition coefficient (Wildman–Crippen LogP) is 1.17. The first-order valence-corrected chi connectivity index (χ1v) is 5.68. The van der Waals surface area contributed by atoms with Crippen LogP contribution in [-0.4, -0.2) is 16.9 Å². The Morgan fingerprint density at radius 1 is 1.44 bits per heavy atom. The molecule has 4 N–H and O–H groups in total. The summed E-state index contributed by atoms with van der Waals surface area (Å²) < 4.78 is 0. The van der Waals surface area contributed by atoms with Crippen LogP contribution in [0.2, 0.25) is 0 Å². The van der Waals surface area contributed by atoms with Crippen molar-refractivity contribution in [2.45, 2.75) is 37.6 Å². The van der Waals surface area contributed by atoms with Gasteiger partial charge in [-0.15, -0.1) is 0 Å². The van der Waals surface area contributed by atoms with Crippen molar-refractivity contribution in [2.24, 2.45) is 11.5 Å². The van der Waals surface area contributed by atoms with Gasteiger partial charge in [0.1, 0.15) is 5.69 Å². The molecule has 1 aromatic heterocycles. The zero-order chi connectivity index (χ0) is 11.5. The van der Waals surface area contributed by atoms with Crippen LogP contribution in [0.15, 0.2) is 18.3 Å². The number of amides is 1. The Morgan fingerprint density at radius 2 is 2.25 bits per heavy atom. The highest BCUT2D eigenvalue weighted by Gasteiger charge is 2.21. The first kappa shape index (κ1) is 11.1. The van der Waals surface area contributed by atoms with Crippen LogP contribution in [0.4, 0.5) is 0 Å². The van der Waals surface area contributed by atoms with Crippen LogP contribution in [0.25, 0.3) is 0 Å². The topological polar surface area (TPSA) is 82.0 Å². The lowest BCUT2D eigenvalue weighted by atomic mass is 9.82. The van der Waals surface area contributed by atoms with Crippen LogP contribution >= 0.6 is 0 Å². The van der Waals surface area contributed by atoms with E-state index in [4.69, 9.17) is 11.5 Å². The average molecular weight is 219 g/mol. The molecule has 1 amide bonds. The fraction of sp³-hybridized carbons (Fsp3) is 0.500. The minimum Gasteiger partial charge on any atom is -0.364 e. The lowest BCUT2D eigenvalue weighted by Crippen LogP contribution is -2.27. The maximum Gasteiger partial charge on any atom is 0.267 e. The molecule has 1 aliphatic carbocycles. The molecule has 1 heterocycles. The first-order chi connectivity index (χ1) is 7.66. The number of nitrogens with zero attached hydrogens (tertiary/aromatic N) is 1. The lowest BCUT2D eigenvalue weighted by Gasteiger charge is -2.26. The normalized spacial score (nSPS) is 25.3. The van der Waals surface area contributed by atoms with Gasteiger partial charge in [0.25, 0.3) is 5.91 Å². The Balaban J connectivity index is 2.19. The Kier molecular flexibility index (Phi) is 3.19. The molecule has 0 aromatic carbocycles. The van der Waals surface area contributed by atoms with Crippen molar-refractivity contribution in [1.82, 2.24) is 4.98 Å². The van der Waals surface area contributed by atoms with Crippen LogP contribution in [0.1, 0.15) is 47.7 Å².